The molecule has 0 saturated carbocycles. The lowest BCUT2D eigenvalue weighted by molar-refractivity contribution is -0.141. The monoisotopic (exact) mass is 354 g/mol. The Hall–Kier alpha value is -1.66. The van der Waals surface area contributed by atoms with Gasteiger partial charge in [0.2, 0.25) is 0 Å². The SMILES string of the molecule is COc1cc(N2CCN(C(=O)C3CCCO3)CC2)c(OC)cc1Cl. The van der Waals surface area contributed by atoms with Gasteiger partial charge in [-0.05, 0) is 12.8 Å². The highest BCUT2D eigenvalue weighted by Crippen LogP contribution is 2.38. The molecule has 7 heteroatoms. The van der Waals surface area contributed by atoms with Crippen LogP contribution >= 0.6 is 11.6 Å². The van der Waals surface area contributed by atoms with Crippen molar-refractivity contribution in [3.05, 3.63) is 17.2 Å². The third kappa shape index (κ3) is 3.39. The number of halogens is 1. The highest BCUT2D eigenvalue weighted by atomic mass is 35.5. The molecule has 24 heavy (non-hydrogen) atoms. The van der Waals surface area contributed by atoms with E-state index in [-0.39, 0.29) is 12.0 Å². The standard InChI is InChI=1S/C17H23ClN2O4/c1-22-15-11-13(16(23-2)10-12(15)18)19-5-7-20(8-6-19)17(21)14-4-3-9-24-14/h10-11,14H,3-9H2,1-2H3. The van der Waals surface area contributed by atoms with Crippen molar-refractivity contribution >= 4 is 23.2 Å². The molecule has 1 atom stereocenters. The van der Waals surface area contributed by atoms with Gasteiger partial charge in [0.05, 0.1) is 24.9 Å². The topological polar surface area (TPSA) is 51.2 Å². The molecule has 1 aromatic carbocycles. The molecule has 1 aromatic rings. The van der Waals surface area contributed by atoms with Crippen molar-refractivity contribution in [1.29, 1.82) is 0 Å². The summed E-state index contributed by atoms with van der Waals surface area (Å²) in [5.74, 6) is 1.44. The molecule has 1 amide bonds. The number of carbonyl (C=O) groups excluding carboxylic acids is 1. The summed E-state index contributed by atoms with van der Waals surface area (Å²) in [5, 5.41) is 0.519. The number of hydrogen-bond donors (Lipinski definition) is 0. The quantitative estimate of drug-likeness (QED) is 0.829. The fourth-order valence-electron chi connectivity index (χ4n) is 3.24. The van der Waals surface area contributed by atoms with Crippen molar-refractivity contribution in [2.45, 2.75) is 18.9 Å². The number of nitrogens with zero attached hydrogens (tertiary/aromatic N) is 2. The molecule has 0 spiro atoms. The summed E-state index contributed by atoms with van der Waals surface area (Å²) in [5.41, 5.74) is 0.933. The Bertz CT molecular complexity index is 596. The first-order valence-corrected chi connectivity index (χ1v) is 8.58. The molecule has 2 fully saturated rings. The Balaban J connectivity index is 1.69. The molecule has 2 saturated heterocycles. The predicted octanol–water partition coefficient (Wildman–Crippen LogP) is 2.18. The average Bonchev–Trinajstić information content (AvgIpc) is 3.15. The van der Waals surface area contributed by atoms with Gasteiger partial charge in [-0.15, -0.1) is 0 Å². The molecule has 0 radical (unpaired) electrons. The fraction of sp³-hybridized carbons (Fsp3) is 0.588. The van der Waals surface area contributed by atoms with Gasteiger partial charge in [-0.25, -0.2) is 0 Å². The largest absolute Gasteiger partial charge is 0.495 e. The first kappa shape index (κ1) is 17.2. The minimum atomic E-state index is -0.248. The number of carbonyl (C=O) groups is 1. The number of hydrogen-bond acceptors (Lipinski definition) is 5. The van der Waals surface area contributed by atoms with Gasteiger partial charge in [0.15, 0.2) is 0 Å². The van der Waals surface area contributed by atoms with Gasteiger partial charge in [0.1, 0.15) is 17.6 Å². The van der Waals surface area contributed by atoms with Gasteiger partial charge in [-0.1, -0.05) is 11.6 Å². The second-order valence-electron chi connectivity index (χ2n) is 5.97. The molecular weight excluding hydrogens is 332 g/mol. The number of methoxy groups -OCH3 is 2. The third-order valence-electron chi connectivity index (χ3n) is 4.59. The zero-order valence-corrected chi connectivity index (χ0v) is 14.8. The van der Waals surface area contributed by atoms with Gasteiger partial charge < -0.3 is 24.0 Å². The Labute approximate surface area is 147 Å². The van der Waals surface area contributed by atoms with Gasteiger partial charge >= 0.3 is 0 Å². The Kier molecular flexibility index (Phi) is 5.36. The van der Waals surface area contributed by atoms with E-state index in [0.29, 0.717) is 36.2 Å². The number of amides is 1. The second kappa shape index (κ2) is 7.49. The highest BCUT2D eigenvalue weighted by Gasteiger charge is 2.31. The minimum absolute atomic E-state index is 0.118. The van der Waals surface area contributed by atoms with E-state index in [4.69, 9.17) is 25.8 Å². The van der Waals surface area contributed by atoms with E-state index in [1.807, 2.05) is 11.0 Å². The predicted molar refractivity (Wildman–Crippen MR) is 92.3 cm³/mol. The minimum Gasteiger partial charge on any atom is -0.495 e. The Morgan fingerprint density at radius 3 is 2.46 bits per heavy atom. The van der Waals surface area contributed by atoms with Crippen molar-refractivity contribution in [1.82, 2.24) is 4.90 Å². The van der Waals surface area contributed by atoms with Crippen LogP contribution in [-0.2, 0) is 9.53 Å². The molecule has 0 bridgehead atoms. The lowest BCUT2D eigenvalue weighted by Crippen LogP contribution is -2.51. The van der Waals surface area contributed by atoms with Crippen LogP contribution in [0.3, 0.4) is 0 Å². The number of benzene rings is 1. The van der Waals surface area contributed by atoms with Gasteiger partial charge in [-0.3, -0.25) is 4.79 Å². The van der Waals surface area contributed by atoms with Crippen molar-refractivity contribution in [2.75, 3.05) is 51.9 Å². The van der Waals surface area contributed by atoms with E-state index in [1.165, 1.54) is 0 Å². The molecule has 1 unspecified atom stereocenters. The summed E-state index contributed by atoms with van der Waals surface area (Å²) in [4.78, 5) is 16.5. The average molecular weight is 355 g/mol. The van der Waals surface area contributed by atoms with Crippen LogP contribution in [0.1, 0.15) is 12.8 Å². The molecule has 3 rings (SSSR count). The summed E-state index contributed by atoms with van der Waals surface area (Å²) in [6, 6.07) is 3.65. The lowest BCUT2D eigenvalue weighted by Gasteiger charge is -2.37. The summed E-state index contributed by atoms with van der Waals surface area (Å²) in [7, 11) is 3.22. The van der Waals surface area contributed by atoms with Crippen LogP contribution in [-0.4, -0.2) is 63.9 Å². The van der Waals surface area contributed by atoms with Crippen LogP contribution in [0.15, 0.2) is 12.1 Å². The zero-order chi connectivity index (χ0) is 17.1. The van der Waals surface area contributed by atoms with Crippen LogP contribution in [0.2, 0.25) is 5.02 Å². The van der Waals surface area contributed by atoms with Crippen molar-refractivity contribution in [2.24, 2.45) is 0 Å². The van der Waals surface area contributed by atoms with Crippen molar-refractivity contribution in [3.63, 3.8) is 0 Å². The first-order chi connectivity index (χ1) is 11.6. The number of anilines is 1. The van der Waals surface area contributed by atoms with Crippen molar-refractivity contribution in [3.8, 4) is 11.5 Å². The molecule has 0 aromatic heterocycles. The van der Waals surface area contributed by atoms with E-state index >= 15 is 0 Å². The lowest BCUT2D eigenvalue weighted by atomic mass is 10.2. The van der Waals surface area contributed by atoms with Gasteiger partial charge in [-0.2, -0.15) is 0 Å². The van der Waals surface area contributed by atoms with E-state index in [0.717, 1.165) is 31.6 Å². The van der Waals surface area contributed by atoms with Crippen LogP contribution in [0.4, 0.5) is 5.69 Å². The van der Waals surface area contributed by atoms with E-state index in [2.05, 4.69) is 4.90 Å². The molecule has 0 N–H and O–H groups in total. The van der Waals surface area contributed by atoms with Crippen LogP contribution in [0, 0.1) is 0 Å². The molecule has 2 heterocycles. The molecule has 132 valence electrons. The van der Waals surface area contributed by atoms with E-state index < -0.39 is 0 Å². The van der Waals surface area contributed by atoms with E-state index in [9.17, 15) is 4.79 Å². The molecular formula is C17H23ClN2O4. The second-order valence-corrected chi connectivity index (χ2v) is 6.38. The maximum absolute atomic E-state index is 12.4. The van der Waals surface area contributed by atoms with Gasteiger partial charge in [0, 0.05) is 44.9 Å². The number of piperazine rings is 1. The van der Waals surface area contributed by atoms with E-state index in [1.54, 1.807) is 20.3 Å². The van der Waals surface area contributed by atoms with Crippen molar-refractivity contribution < 1.29 is 19.0 Å². The summed E-state index contributed by atoms with van der Waals surface area (Å²) in [6.07, 6.45) is 1.56. The van der Waals surface area contributed by atoms with Crippen LogP contribution in [0.25, 0.3) is 0 Å². The zero-order valence-electron chi connectivity index (χ0n) is 14.1. The Morgan fingerprint density at radius 2 is 1.88 bits per heavy atom. The number of ether oxygens (including phenoxy) is 3. The van der Waals surface area contributed by atoms with Crippen LogP contribution < -0.4 is 14.4 Å². The molecule has 2 aliphatic heterocycles. The first-order valence-electron chi connectivity index (χ1n) is 8.21. The molecule has 2 aliphatic rings. The molecule has 6 nitrogen and oxygen atoms in total. The summed E-state index contributed by atoms with van der Waals surface area (Å²) in [6.45, 7) is 3.51. The smallest absolute Gasteiger partial charge is 0.251 e. The fourth-order valence-corrected chi connectivity index (χ4v) is 3.47. The normalized spacial score (nSPS) is 21.0. The summed E-state index contributed by atoms with van der Waals surface area (Å²) < 4.78 is 16.3. The maximum Gasteiger partial charge on any atom is 0.251 e. The third-order valence-corrected chi connectivity index (χ3v) is 4.89. The summed E-state index contributed by atoms with van der Waals surface area (Å²) >= 11 is 6.17. The van der Waals surface area contributed by atoms with Crippen LogP contribution in [0.5, 0.6) is 11.5 Å². The maximum atomic E-state index is 12.4. The highest BCUT2D eigenvalue weighted by molar-refractivity contribution is 6.32. The Morgan fingerprint density at radius 1 is 1.17 bits per heavy atom. The molecule has 0 aliphatic carbocycles. The van der Waals surface area contributed by atoms with Gasteiger partial charge in [0.25, 0.3) is 5.91 Å². The number of rotatable bonds is 4.